The summed E-state index contributed by atoms with van der Waals surface area (Å²) in [6, 6.07) is 17.1. The quantitative estimate of drug-likeness (QED) is 0.780. The maximum atomic E-state index is 13.8. The van der Waals surface area contributed by atoms with Gasteiger partial charge in [-0.15, -0.1) is 0 Å². The van der Waals surface area contributed by atoms with Gasteiger partial charge in [-0.3, -0.25) is 4.90 Å². The highest BCUT2D eigenvalue weighted by Gasteiger charge is 2.35. The van der Waals surface area contributed by atoms with E-state index < -0.39 is 5.82 Å². The van der Waals surface area contributed by atoms with Crippen molar-refractivity contribution in [2.45, 2.75) is 12.6 Å². The summed E-state index contributed by atoms with van der Waals surface area (Å²) < 4.78 is 15.6. The van der Waals surface area contributed by atoms with Crippen LogP contribution in [0.4, 0.5) is 20.7 Å². The predicted molar refractivity (Wildman–Crippen MR) is 89.3 cm³/mol. The minimum Gasteiger partial charge on any atom is -0.305 e. The Labute approximate surface area is 138 Å². The van der Waals surface area contributed by atoms with Crippen LogP contribution >= 0.6 is 0 Å². The summed E-state index contributed by atoms with van der Waals surface area (Å²) in [6.45, 7) is 0.567. The zero-order chi connectivity index (χ0) is 16.5. The number of hydrogen-bond donors (Lipinski definition) is 1. The number of rotatable bonds is 2. The third-order valence-corrected chi connectivity index (χ3v) is 4.12. The SMILES string of the molecule is O=C(Nc1ccccc1F)N1c2ccnn2CC1c1ccccc1. The number of carbonyl (C=O) groups is 1. The highest BCUT2D eigenvalue weighted by Crippen LogP contribution is 2.35. The number of para-hydroxylation sites is 1. The van der Waals surface area contributed by atoms with E-state index >= 15 is 0 Å². The lowest BCUT2D eigenvalue weighted by molar-refractivity contribution is 0.255. The number of hydrogen-bond acceptors (Lipinski definition) is 2. The second-order valence-electron chi connectivity index (χ2n) is 5.58. The zero-order valence-electron chi connectivity index (χ0n) is 12.8. The number of carbonyl (C=O) groups excluding carboxylic acids is 1. The van der Waals surface area contributed by atoms with Gasteiger partial charge in [0.1, 0.15) is 11.6 Å². The lowest BCUT2D eigenvalue weighted by atomic mass is 10.1. The number of nitrogens with zero attached hydrogens (tertiary/aromatic N) is 3. The van der Waals surface area contributed by atoms with Crippen LogP contribution in [0.25, 0.3) is 0 Å². The van der Waals surface area contributed by atoms with Gasteiger partial charge in [0.25, 0.3) is 0 Å². The smallest absolute Gasteiger partial charge is 0.305 e. The van der Waals surface area contributed by atoms with Gasteiger partial charge in [-0.1, -0.05) is 42.5 Å². The summed E-state index contributed by atoms with van der Waals surface area (Å²) in [5, 5.41) is 6.90. The van der Waals surface area contributed by atoms with Crippen LogP contribution in [0.5, 0.6) is 0 Å². The van der Waals surface area contributed by atoms with Crippen molar-refractivity contribution in [2.75, 3.05) is 10.2 Å². The van der Waals surface area contributed by atoms with Crippen LogP contribution < -0.4 is 10.2 Å². The molecule has 0 spiro atoms. The highest BCUT2D eigenvalue weighted by molar-refractivity contribution is 6.02. The van der Waals surface area contributed by atoms with Crippen molar-refractivity contribution in [3.63, 3.8) is 0 Å². The zero-order valence-corrected chi connectivity index (χ0v) is 12.8. The Balaban J connectivity index is 1.67. The lowest BCUT2D eigenvalue weighted by Crippen LogP contribution is -2.36. The standard InChI is InChI=1S/C18H15FN4O/c19-14-8-4-5-9-15(14)21-18(24)23-16(13-6-2-1-3-7-13)12-22-17(23)10-11-20-22/h1-11,16H,12H2,(H,21,24). The van der Waals surface area contributed by atoms with Gasteiger partial charge >= 0.3 is 6.03 Å². The summed E-state index contributed by atoms with van der Waals surface area (Å²) in [4.78, 5) is 14.4. The van der Waals surface area contributed by atoms with E-state index in [1.807, 2.05) is 30.3 Å². The molecule has 4 rings (SSSR count). The van der Waals surface area contributed by atoms with Crippen molar-refractivity contribution in [1.82, 2.24) is 9.78 Å². The number of urea groups is 1. The monoisotopic (exact) mass is 322 g/mol. The maximum absolute atomic E-state index is 13.8. The van der Waals surface area contributed by atoms with Gasteiger partial charge in [0.15, 0.2) is 0 Å². The molecule has 24 heavy (non-hydrogen) atoms. The fourth-order valence-electron chi connectivity index (χ4n) is 2.99. The second kappa shape index (κ2) is 5.81. The molecule has 2 aromatic carbocycles. The van der Waals surface area contributed by atoms with Crippen LogP contribution in [0.1, 0.15) is 11.6 Å². The second-order valence-corrected chi connectivity index (χ2v) is 5.58. The van der Waals surface area contributed by atoms with Crippen LogP contribution in [0.2, 0.25) is 0 Å². The Morgan fingerprint density at radius 2 is 1.83 bits per heavy atom. The van der Waals surface area contributed by atoms with E-state index in [0.29, 0.717) is 12.4 Å². The van der Waals surface area contributed by atoms with E-state index in [0.717, 1.165) is 5.56 Å². The lowest BCUT2D eigenvalue weighted by Gasteiger charge is -2.24. The molecule has 0 saturated heterocycles. The van der Waals surface area contributed by atoms with E-state index in [9.17, 15) is 9.18 Å². The summed E-state index contributed by atoms with van der Waals surface area (Å²) in [7, 11) is 0. The molecule has 0 radical (unpaired) electrons. The van der Waals surface area contributed by atoms with Gasteiger partial charge in [-0.05, 0) is 17.7 Å². The van der Waals surface area contributed by atoms with Crippen molar-refractivity contribution < 1.29 is 9.18 Å². The van der Waals surface area contributed by atoms with Crippen molar-refractivity contribution in [2.24, 2.45) is 0 Å². The van der Waals surface area contributed by atoms with Gasteiger partial charge in [-0.2, -0.15) is 5.10 Å². The fraction of sp³-hybridized carbons (Fsp3) is 0.111. The highest BCUT2D eigenvalue weighted by atomic mass is 19.1. The van der Waals surface area contributed by atoms with E-state index in [2.05, 4.69) is 10.4 Å². The molecule has 2 heterocycles. The Kier molecular flexibility index (Phi) is 3.49. The normalized spacial score (nSPS) is 16.0. The van der Waals surface area contributed by atoms with Gasteiger partial charge in [0.2, 0.25) is 0 Å². The average molecular weight is 322 g/mol. The first kappa shape index (κ1) is 14.4. The Bertz CT molecular complexity index is 877. The number of anilines is 2. The summed E-state index contributed by atoms with van der Waals surface area (Å²) in [5.74, 6) is 0.229. The molecule has 120 valence electrons. The van der Waals surface area contributed by atoms with Crippen molar-refractivity contribution in [3.8, 4) is 0 Å². The van der Waals surface area contributed by atoms with Crippen LogP contribution in [0.15, 0.2) is 66.9 Å². The molecule has 1 aliphatic rings. The van der Waals surface area contributed by atoms with Crippen molar-refractivity contribution in [3.05, 3.63) is 78.2 Å². The van der Waals surface area contributed by atoms with Gasteiger partial charge < -0.3 is 5.32 Å². The van der Waals surface area contributed by atoms with Crippen LogP contribution in [-0.4, -0.2) is 15.8 Å². The number of fused-ring (bicyclic) bond motifs is 1. The van der Waals surface area contributed by atoms with Gasteiger partial charge in [0, 0.05) is 6.07 Å². The molecular weight excluding hydrogens is 307 g/mol. The summed E-state index contributed by atoms with van der Waals surface area (Å²) in [5.41, 5.74) is 1.17. The first-order valence-electron chi connectivity index (χ1n) is 7.65. The molecule has 6 heteroatoms. The molecule has 2 amide bonds. The number of aromatic nitrogens is 2. The summed E-state index contributed by atoms with van der Waals surface area (Å²) >= 11 is 0. The molecule has 0 bridgehead atoms. The third kappa shape index (κ3) is 2.42. The largest absolute Gasteiger partial charge is 0.328 e. The van der Waals surface area contributed by atoms with Crippen LogP contribution in [0, 0.1) is 5.82 Å². The summed E-state index contributed by atoms with van der Waals surface area (Å²) in [6.07, 6.45) is 1.65. The first-order chi connectivity index (χ1) is 11.7. The third-order valence-electron chi connectivity index (χ3n) is 4.12. The fourth-order valence-corrected chi connectivity index (χ4v) is 2.99. The molecule has 0 saturated carbocycles. The van der Waals surface area contributed by atoms with E-state index in [-0.39, 0.29) is 17.8 Å². The molecule has 1 unspecified atom stereocenters. The molecule has 0 aliphatic carbocycles. The molecule has 1 aromatic heterocycles. The predicted octanol–water partition coefficient (Wildman–Crippen LogP) is 3.82. The average Bonchev–Trinajstić information content (AvgIpc) is 3.18. The van der Waals surface area contributed by atoms with Crippen molar-refractivity contribution >= 4 is 17.5 Å². The van der Waals surface area contributed by atoms with E-state index in [4.69, 9.17) is 0 Å². The Morgan fingerprint density at radius 3 is 2.62 bits per heavy atom. The molecule has 0 fully saturated rings. The van der Waals surface area contributed by atoms with E-state index in [1.165, 1.54) is 12.1 Å². The van der Waals surface area contributed by atoms with Crippen LogP contribution in [0.3, 0.4) is 0 Å². The van der Waals surface area contributed by atoms with Crippen LogP contribution in [-0.2, 0) is 6.54 Å². The molecule has 1 N–H and O–H groups in total. The molecule has 3 aromatic rings. The molecular formula is C18H15FN4O. The van der Waals surface area contributed by atoms with E-state index in [1.54, 1.807) is 34.0 Å². The van der Waals surface area contributed by atoms with Crippen molar-refractivity contribution in [1.29, 1.82) is 0 Å². The topological polar surface area (TPSA) is 50.2 Å². The number of nitrogens with one attached hydrogen (secondary N) is 1. The first-order valence-corrected chi connectivity index (χ1v) is 7.65. The Morgan fingerprint density at radius 1 is 1.08 bits per heavy atom. The number of halogens is 1. The Hall–Kier alpha value is -3.15. The number of benzene rings is 2. The number of amides is 2. The maximum Gasteiger partial charge on any atom is 0.328 e. The molecule has 1 aliphatic heterocycles. The molecule has 1 atom stereocenters. The molecule has 5 nitrogen and oxygen atoms in total. The van der Waals surface area contributed by atoms with Gasteiger partial charge in [0.05, 0.1) is 24.5 Å². The minimum atomic E-state index is -0.463. The van der Waals surface area contributed by atoms with Gasteiger partial charge in [-0.25, -0.2) is 13.9 Å². The minimum absolute atomic E-state index is 0.160.